The predicted octanol–water partition coefficient (Wildman–Crippen LogP) is 4.70. The van der Waals surface area contributed by atoms with Crippen LogP contribution in [0.15, 0.2) is 53.4 Å². The second-order valence-corrected chi connectivity index (χ2v) is 8.15. The van der Waals surface area contributed by atoms with Gasteiger partial charge >= 0.3 is 0 Å². The average Bonchev–Trinajstić information content (AvgIpc) is 3.30. The van der Waals surface area contributed by atoms with Crippen LogP contribution in [0.3, 0.4) is 0 Å². The number of hydrogen-bond donors (Lipinski definition) is 0. The Bertz CT molecular complexity index is 871. The van der Waals surface area contributed by atoms with E-state index < -0.39 is 0 Å². The van der Waals surface area contributed by atoms with Crippen LogP contribution in [-0.4, -0.2) is 15.8 Å². The van der Waals surface area contributed by atoms with Crippen LogP contribution in [0, 0.1) is 5.92 Å². The normalized spacial score (nSPS) is 16.3. The fourth-order valence-corrected chi connectivity index (χ4v) is 4.65. The zero-order chi connectivity index (χ0) is 17.9. The smallest absolute Gasteiger partial charge is 0.264 e. The van der Waals surface area contributed by atoms with Crippen molar-refractivity contribution >= 4 is 17.2 Å². The van der Waals surface area contributed by atoms with Crippen molar-refractivity contribution in [3.63, 3.8) is 0 Å². The van der Waals surface area contributed by atoms with Crippen molar-refractivity contribution in [2.75, 3.05) is 0 Å². The summed E-state index contributed by atoms with van der Waals surface area (Å²) in [6.45, 7) is 3.26. The number of carbonyl (C=O) groups excluding carboxylic acids is 1. The summed E-state index contributed by atoms with van der Waals surface area (Å²) in [7, 11) is 0. The van der Waals surface area contributed by atoms with Crippen LogP contribution in [0.5, 0.6) is 0 Å². The number of aryl methyl sites for hydroxylation is 1. The van der Waals surface area contributed by atoms with E-state index in [9.17, 15) is 4.79 Å². The fourth-order valence-electron chi connectivity index (χ4n) is 3.47. The zero-order valence-corrected chi connectivity index (χ0v) is 15.7. The highest BCUT2D eigenvalue weighted by atomic mass is 32.1. The quantitative estimate of drug-likeness (QED) is 0.657. The Morgan fingerprint density at radius 2 is 2.27 bits per heavy atom. The largest absolute Gasteiger partial charge is 0.467 e. The van der Waals surface area contributed by atoms with Gasteiger partial charge in [0, 0.05) is 23.8 Å². The molecule has 1 amide bonds. The van der Waals surface area contributed by atoms with Crippen LogP contribution in [-0.2, 0) is 25.9 Å². The van der Waals surface area contributed by atoms with E-state index in [1.807, 2.05) is 35.4 Å². The molecule has 0 saturated heterocycles. The van der Waals surface area contributed by atoms with E-state index in [1.54, 1.807) is 23.8 Å². The molecule has 3 heterocycles. The molecule has 0 aliphatic heterocycles. The van der Waals surface area contributed by atoms with E-state index in [0.29, 0.717) is 19.0 Å². The summed E-state index contributed by atoms with van der Waals surface area (Å²) in [6.07, 6.45) is 8.59. The number of carbonyl (C=O) groups is 1. The van der Waals surface area contributed by atoms with Crippen LogP contribution >= 0.6 is 11.3 Å². The zero-order valence-electron chi connectivity index (χ0n) is 14.9. The summed E-state index contributed by atoms with van der Waals surface area (Å²) in [4.78, 5) is 21.5. The predicted molar refractivity (Wildman–Crippen MR) is 102 cm³/mol. The first-order chi connectivity index (χ1) is 12.7. The van der Waals surface area contributed by atoms with E-state index in [4.69, 9.17) is 4.42 Å². The Hall–Kier alpha value is -2.40. The van der Waals surface area contributed by atoms with Gasteiger partial charge in [-0.05, 0) is 60.6 Å². The first-order valence-electron chi connectivity index (χ1n) is 9.01. The number of pyridine rings is 1. The highest BCUT2D eigenvalue weighted by Crippen LogP contribution is 2.33. The molecule has 0 radical (unpaired) electrons. The first kappa shape index (κ1) is 17.0. The molecule has 0 bridgehead atoms. The standard InChI is InChI=1S/C21H22N2O2S/c1-15-6-7-19-17(10-15)11-20(26-19)21(24)23(14-18-5-3-9-25-18)13-16-4-2-8-22-12-16/h2-5,8-9,11-12,15H,6-7,10,13-14H2,1H3. The molecule has 4 rings (SSSR count). The van der Waals surface area contributed by atoms with Gasteiger partial charge in [-0.2, -0.15) is 0 Å². The number of thiophene rings is 1. The molecule has 0 N–H and O–H groups in total. The third kappa shape index (κ3) is 3.73. The molecular formula is C21H22N2O2S. The molecule has 3 aromatic heterocycles. The molecule has 1 atom stereocenters. The van der Waals surface area contributed by atoms with E-state index in [2.05, 4.69) is 18.0 Å². The van der Waals surface area contributed by atoms with E-state index in [1.165, 1.54) is 16.9 Å². The molecular weight excluding hydrogens is 344 g/mol. The van der Waals surface area contributed by atoms with Gasteiger partial charge in [0.05, 0.1) is 17.7 Å². The minimum Gasteiger partial charge on any atom is -0.467 e. The van der Waals surface area contributed by atoms with Gasteiger partial charge in [-0.3, -0.25) is 9.78 Å². The second kappa shape index (κ2) is 7.46. The highest BCUT2D eigenvalue weighted by Gasteiger charge is 2.24. The Balaban J connectivity index is 1.59. The van der Waals surface area contributed by atoms with Crippen LogP contribution in [0.4, 0.5) is 0 Å². The summed E-state index contributed by atoms with van der Waals surface area (Å²) in [5.74, 6) is 1.56. The van der Waals surface area contributed by atoms with Crippen molar-refractivity contribution in [2.45, 2.75) is 39.3 Å². The van der Waals surface area contributed by atoms with Gasteiger partial charge < -0.3 is 9.32 Å². The maximum Gasteiger partial charge on any atom is 0.264 e. The topological polar surface area (TPSA) is 46.3 Å². The van der Waals surface area contributed by atoms with Gasteiger partial charge in [0.25, 0.3) is 5.91 Å². The van der Waals surface area contributed by atoms with Crippen molar-refractivity contribution in [1.29, 1.82) is 0 Å². The lowest BCUT2D eigenvalue weighted by atomic mass is 9.90. The number of furan rings is 1. The van der Waals surface area contributed by atoms with Gasteiger partial charge in [-0.1, -0.05) is 13.0 Å². The van der Waals surface area contributed by atoms with Gasteiger partial charge in [-0.15, -0.1) is 11.3 Å². The van der Waals surface area contributed by atoms with Gasteiger partial charge in [0.15, 0.2) is 0 Å². The third-order valence-electron chi connectivity index (χ3n) is 4.85. The highest BCUT2D eigenvalue weighted by molar-refractivity contribution is 7.14. The van der Waals surface area contributed by atoms with Crippen LogP contribution in [0.25, 0.3) is 0 Å². The summed E-state index contributed by atoms with van der Waals surface area (Å²) >= 11 is 1.66. The van der Waals surface area contributed by atoms with Crippen LogP contribution in [0.1, 0.15) is 44.8 Å². The molecule has 0 fully saturated rings. The van der Waals surface area contributed by atoms with Gasteiger partial charge in [0.2, 0.25) is 0 Å². The molecule has 0 spiro atoms. The minimum atomic E-state index is 0.0670. The van der Waals surface area contributed by atoms with E-state index in [-0.39, 0.29) is 5.91 Å². The third-order valence-corrected chi connectivity index (χ3v) is 6.08. The van der Waals surface area contributed by atoms with E-state index >= 15 is 0 Å². The number of hydrogen-bond acceptors (Lipinski definition) is 4. The van der Waals surface area contributed by atoms with E-state index in [0.717, 1.165) is 29.0 Å². The van der Waals surface area contributed by atoms with Gasteiger partial charge in [-0.25, -0.2) is 0 Å². The molecule has 1 aliphatic rings. The van der Waals surface area contributed by atoms with Crippen molar-refractivity contribution in [1.82, 2.24) is 9.88 Å². The average molecular weight is 366 g/mol. The number of rotatable bonds is 5. The molecule has 0 saturated carbocycles. The summed E-state index contributed by atoms with van der Waals surface area (Å²) in [6, 6.07) is 9.76. The SMILES string of the molecule is CC1CCc2sc(C(=O)N(Cc3cccnc3)Cc3ccco3)cc2C1. The number of fused-ring (bicyclic) bond motifs is 1. The summed E-state index contributed by atoms with van der Waals surface area (Å²) in [5, 5.41) is 0. The van der Waals surface area contributed by atoms with Crippen molar-refractivity contribution in [3.8, 4) is 0 Å². The van der Waals surface area contributed by atoms with Gasteiger partial charge in [0.1, 0.15) is 5.76 Å². The monoisotopic (exact) mass is 366 g/mol. The van der Waals surface area contributed by atoms with Crippen molar-refractivity contribution in [2.24, 2.45) is 5.92 Å². The Kier molecular flexibility index (Phi) is 4.89. The molecule has 1 aliphatic carbocycles. The fraction of sp³-hybridized carbons (Fsp3) is 0.333. The molecule has 5 heteroatoms. The first-order valence-corrected chi connectivity index (χ1v) is 9.83. The molecule has 3 aromatic rings. The number of amides is 1. The maximum absolute atomic E-state index is 13.2. The molecule has 134 valence electrons. The van der Waals surface area contributed by atoms with Crippen molar-refractivity contribution < 1.29 is 9.21 Å². The lowest BCUT2D eigenvalue weighted by molar-refractivity contribution is 0.0722. The minimum absolute atomic E-state index is 0.0670. The van der Waals surface area contributed by atoms with Crippen LogP contribution in [0.2, 0.25) is 0 Å². The summed E-state index contributed by atoms with van der Waals surface area (Å²) in [5.41, 5.74) is 2.37. The Morgan fingerprint density at radius 1 is 1.35 bits per heavy atom. The molecule has 4 nitrogen and oxygen atoms in total. The summed E-state index contributed by atoms with van der Waals surface area (Å²) < 4.78 is 5.48. The lowest BCUT2D eigenvalue weighted by Gasteiger charge is -2.21. The Labute approximate surface area is 157 Å². The molecule has 26 heavy (non-hydrogen) atoms. The molecule has 0 aromatic carbocycles. The van der Waals surface area contributed by atoms with Crippen molar-refractivity contribution in [3.05, 3.63) is 75.6 Å². The maximum atomic E-state index is 13.2. The lowest BCUT2D eigenvalue weighted by Crippen LogP contribution is -2.29. The molecule has 1 unspecified atom stereocenters. The van der Waals surface area contributed by atoms with Crippen LogP contribution < -0.4 is 0 Å². The Morgan fingerprint density at radius 3 is 3.04 bits per heavy atom. The number of aromatic nitrogens is 1. The second-order valence-electron chi connectivity index (χ2n) is 7.01. The number of nitrogens with zero attached hydrogens (tertiary/aromatic N) is 2.